The van der Waals surface area contributed by atoms with Crippen molar-refractivity contribution in [3.8, 4) is 5.75 Å². The quantitative estimate of drug-likeness (QED) is 0.688. The predicted molar refractivity (Wildman–Crippen MR) is 46.3 cm³/mol. The molecule has 1 heterocycles. The van der Waals surface area contributed by atoms with Gasteiger partial charge in [0.05, 0.1) is 0 Å². The van der Waals surface area contributed by atoms with Gasteiger partial charge in [-0.05, 0) is 25.0 Å². The van der Waals surface area contributed by atoms with Crippen LogP contribution < -0.4 is 5.32 Å². The van der Waals surface area contributed by atoms with Crippen LogP contribution in [0.4, 0.5) is 4.39 Å². The largest absolute Gasteiger partial charge is 0.504 e. The van der Waals surface area contributed by atoms with E-state index in [0.717, 1.165) is 18.9 Å². The van der Waals surface area contributed by atoms with Crippen LogP contribution in [-0.4, -0.2) is 22.0 Å². The third-order valence-electron chi connectivity index (χ3n) is 1.97. The first-order chi connectivity index (χ1) is 6.66. The molecule has 1 saturated carbocycles. The molecule has 0 unspecified atom stereocenters. The molecule has 0 spiro atoms. The molecular weight excluding hydrogens is 187 g/mol. The monoisotopic (exact) mass is 196 g/mol. The smallest absolute Gasteiger partial charge is 0.270 e. The zero-order valence-corrected chi connectivity index (χ0v) is 7.33. The van der Waals surface area contributed by atoms with Crippen molar-refractivity contribution < 1.29 is 14.3 Å². The average Bonchev–Trinajstić information content (AvgIpc) is 2.93. The lowest BCUT2D eigenvalue weighted by Gasteiger charge is -2.02. The van der Waals surface area contributed by atoms with Crippen LogP contribution in [0.1, 0.15) is 23.3 Å². The lowest BCUT2D eigenvalue weighted by Crippen LogP contribution is -2.26. The van der Waals surface area contributed by atoms with Gasteiger partial charge >= 0.3 is 0 Å². The number of hydrogen-bond acceptors (Lipinski definition) is 3. The first kappa shape index (κ1) is 8.93. The summed E-state index contributed by atoms with van der Waals surface area (Å²) in [5.74, 6) is -1.96. The van der Waals surface area contributed by atoms with Gasteiger partial charge in [0.1, 0.15) is 5.69 Å². The number of pyridine rings is 1. The normalized spacial score (nSPS) is 15.2. The molecule has 0 aromatic carbocycles. The summed E-state index contributed by atoms with van der Waals surface area (Å²) in [5, 5.41) is 11.5. The molecule has 5 heteroatoms. The summed E-state index contributed by atoms with van der Waals surface area (Å²) >= 11 is 0. The van der Waals surface area contributed by atoms with E-state index >= 15 is 0 Å². The van der Waals surface area contributed by atoms with Crippen molar-refractivity contribution in [3.05, 3.63) is 23.8 Å². The van der Waals surface area contributed by atoms with Crippen molar-refractivity contribution in [1.82, 2.24) is 10.3 Å². The minimum Gasteiger partial charge on any atom is -0.504 e. The Kier molecular flexibility index (Phi) is 2.07. The number of carbonyl (C=O) groups is 1. The van der Waals surface area contributed by atoms with Gasteiger partial charge in [0.2, 0.25) is 0 Å². The maximum Gasteiger partial charge on any atom is 0.270 e. The van der Waals surface area contributed by atoms with E-state index in [1.165, 1.54) is 6.07 Å². The summed E-state index contributed by atoms with van der Waals surface area (Å²) in [4.78, 5) is 14.7. The minimum absolute atomic E-state index is 0.00722. The Balaban J connectivity index is 2.14. The average molecular weight is 196 g/mol. The molecule has 1 amide bonds. The van der Waals surface area contributed by atoms with Crippen LogP contribution in [-0.2, 0) is 0 Å². The standard InChI is InChI=1S/C9H9FN2O2/c10-8-7(13)4-3-6(12-8)9(14)11-5-1-2-5/h3-5,13H,1-2H2,(H,11,14). The van der Waals surface area contributed by atoms with Crippen LogP contribution in [0.5, 0.6) is 5.75 Å². The Morgan fingerprint density at radius 1 is 1.57 bits per heavy atom. The Morgan fingerprint density at radius 3 is 2.86 bits per heavy atom. The second kappa shape index (κ2) is 3.25. The minimum atomic E-state index is -1.02. The maximum absolute atomic E-state index is 12.8. The van der Waals surface area contributed by atoms with Crippen molar-refractivity contribution >= 4 is 5.91 Å². The fourth-order valence-corrected chi connectivity index (χ4v) is 1.04. The molecule has 0 atom stereocenters. The zero-order valence-electron chi connectivity index (χ0n) is 7.33. The van der Waals surface area contributed by atoms with E-state index in [4.69, 9.17) is 5.11 Å². The molecule has 1 aliphatic carbocycles. The first-order valence-corrected chi connectivity index (χ1v) is 4.33. The molecule has 0 bridgehead atoms. The number of amides is 1. The van der Waals surface area contributed by atoms with Crippen LogP contribution >= 0.6 is 0 Å². The van der Waals surface area contributed by atoms with Gasteiger partial charge in [0.25, 0.3) is 11.9 Å². The lowest BCUT2D eigenvalue weighted by molar-refractivity contribution is 0.0945. The van der Waals surface area contributed by atoms with Crippen molar-refractivity contribution in [2.45, 2.75) is 18.9 Å². The highest BCUT2D eigenvalue weighted by molar-refractivity contribution is 5.92. The van der Waals surface area contributed by atoms with E-state index in [9.17, 15) is 9.18 Å². The predicted octanol–water partition coefficient (Wildman–Crippen LogP) is 0.818. The van der Waals surface area contributed by atoms with Gasteiger partial charge in [-0.15, -0.1) is 0 Å². The van der Waals surface area contributed by atoms with E-state index in [1.54, 1.807) is 0 Å². The van der Waals surface area contributed by atoms with E-state index < -0.39 is 17.6 Å². The number of carbonyl (C=O) groups excluding carboxylic acids is 1. The topological polar surface area (TPSA) is 62.2 Å². The summed E-state index contributed by atoms with van der Waals surface area (Å²) in [6.07, 6.45) is 1.93. The molecule has 1 aromatic rings. The van der Waals surface area contributed by atoms with E-state index in [0.29, 0.717) is 0 Å². The molecule has 74 valence electrons. The Morgan fingerprint density at radius 2 is 2.29 bits per heavy atom. The third kappa shape index (κ3) is 1.81. The highest BCUT2D eigenvalue weighted by Gasteiger charge is 2.24. The molecule has 1 aromatic heterocycles. The van der Waals surface area contributed by atoms with E-state index in [-0.39, 0.29) is 11.7 Å². The number of aromatic nitrogens is 1. The highest BCUT2D eigenvalue weighted by Crippen LogP contribution is 2.19. The Labute approximate surface area is 79.8 Å². The van der Waals surface area contributed by atoms with Crippen LogP contribution in [0, 0.1) is 5.95 Å². The zero-order chi connectivity index (χ0) is 10.1. The summed E-state index contributed by atoms with van der Waals surface area (Å²) in [5.41, 5.74) is -0.00722. The SMILES string of the molecule is O=C(NC1CC1)c1ccc(O)c(F)n1. The van der Waals surface area contributed by atoms with Gasteiger partial charge < -0.3 is 10.4 Å². The van der Waals surface area contributed by atoms with Gasteiger partial charge in [-0.25, -0.2) is 4.98 Å². The fourth-order valence-electron chi connectivity index (χ4n) is 1.04. The Bertz CT molecular complexity index is 377. The summed E-state index contributed by atoms with van der Waals surface area (Å²) < 4.78 is 12.8. The second-order valence-electron chi connectivity index (χ2n) is 3.25. The lowest BCUT2D eigenvalue weighted by atomic mass is 10.3. The van der Waals surface area contributed by atoms with Gasteiger partial charge in [-0.2, -0.15) is 4.39 Å². The van der Waals surface area contributed by atoms with Crippen LogP contribution in [0.2, 0.25) is 0 Å². The molecule has 4 nitrogen and oxygen atoms in total. The summed E-state index contributed by atoms with van der Waals surface area (Å²) in [6, 6.07) is 2.61. The number of rotatable bonds is 2. The molecule has 1 aliphatic rings. The molecule has 0 aliphatic heterocycles. The third-order valence-corrected chi connectivity index (χ3v) is 1.97. The molecule has 0 saturated heterocycles. The summed E-state index contributed by atoms with van der Waals surface area (Å²) in [6.45, 7) is 0. The van der Waals surface area contributed by atoms with Crippen molar-refractivity contribution in [2.24, 2.45) is 0 Å². The van der Waals surface area contributed by atoms with Gasteiger partial charge in [0.15, 0.2) is 5.75 Å². The van der Waals surface area contributed by atoms with Crippen LogP contribution in [0.3, 0.4) is 0 Å². The summed E-state index contributed by atoms with van der Waals surface area (Å²) in [7, 11) is 0. The number of aromatic hydroxyl groups is 1. The first-order valence-electron chi connectivity index (χ1n) is 4.33. The van der Waals surface area contributed by atoms with Gasteiger partial charge in [-0.1, -0.05) is 0 Å². The van der Waals surface area contributed by atoms with Crippen LogP contribution in [0.25, 0.3) is 0 Å². The van der Waals surface area contributed by atoms with E-state index in [2.05, 4.69) is 10.3 Å². The molecule has 2 rings (SSSR count). The number of hydrogen-bond donors (Lipinski definition) is 2. The number of halogens is 1. The van der Waals surface area contributed by atoms with Crippen molar-refractivity contribution in [2.75, 3.05) is 0 Å². The Hall–Kier alpha value is -1.65. The molecule has 1 fully saturated rings. The molecular formula is C9H9FN2O2. The fraction of sp³-hybridized carbons (Fsp3) is 0.333. The number of nitrogens with zero attached hydrogens (tertiary/aromatic N) is 1. The van der Waals surface area contributed by atoms with Crippen molar-refractivity contribution in [3.63, 3.8) is 0 Å². The second-order valence-corrected chi connectivity index (χ2v) is 3.25. The highest BCUT2D eigenvalue weighted by atomic mass is 19.1. The number of nitrogens with one attached hydrogen (secondary N) is 1. The molecule has 0 radical (unpaired) electrons. The maximum atomic E-state index is 12.8. The molecule has 14 heavy (non-hydrogen) atoms. The van der Waals surface area contributed by atoms with Crippen LogP contribution in [0.15, 0.2) is 12.1 Å². The van der Waals surface area contributed by atoms with Crippen molar-refractivity contribution in [1.29, 1.82) is 0 Å². The molecule has 2 N–H and O–H groups in total. The van der Waals surface area contributed by atoms with Gasteiger partial charge in [0, 0.05) is 6.04 Å². The van der Waals surface area contributed by atoms with Gasteiger partial charge in [-0.3, -0.25) is 4.79 Å². The van der Waals surface area contributed by atoms with E-state index in [1.807, 2.05) is 0 Å².